The molecule has 2 rings (SSSR count). The predicted molar refractivity (Wildman–Crippen MR) is 94.2 cm³/mol. The third-order valence-electron chi connectivity index (χ3n) is 3.42. The lowest BCUT2D eigenvalue weighted by atomic mass is 10.2. The van der Waals surface area contributed by atoms with Crippen LogP contribution in [0.15, 0.2) is 41.5 Å². The van der Waals surface area contributed by atoms with Crippen LogP contribution in [0.5, 0.6) is 23.0 Å². The summed E-state index contributed by atoms with van der Waals surface area (Å²) in [4.78, 5) is 12.3. The molecule has 0 fully saturated rings. The second-order valence-electron chi connectivity index (χ2n) is 4.88. The van der Waals surface area contributed by atoms with Crippen molar-refractivity contribution >= 4 is 12.1 Å². The molecule has 0 aliphatic rings. The van der Waals surface area contributed by atoms with Gasteiger partial charge in [0.2, 0.25) is 0 Å². The summed E-state index contributed by atoms with van der Waals surface area (Å²) < 4.78 is 20.8. The molecule has 0 saturated heterocycles. The van der Waals surface area contributed by atoms with Crippen molar-refractivity contribution < 1.29 is 23.7 Å². The summed E-state index contributed by atoms with van der Waals surface area (Å²) in [6.45, 7) is 0. The fourth-order valence-corrected chi connectivity index (χ4v) is 2.18. The van der Waals surface area contributed by atoms with Crippen LogP contribution in [0, 0.1) is 0 Å². The SMILES string of the molecule is COc1cc(OC)cc(C(=O)N/N=C\c2cccc(OC)c2OC)c1. The minimum absolute atomic E-state index is 0.367. The second kappa shape index (κ2) is 8.58. The molecule has 0 aliphatic heterocycles. The van der Waals surface area contributed by atoms with Gasteiger partial charge in [0, 0.05) is 17.2 Å². The maximum Gasteiger partial charge on any atom is 0.271 e. The number of nitrogens with one attached hydrogen (secondary N) is 1. The molecular formula is C18H20N2O5. The van der Waals surface area contributed by atoms with E-state index in [1.807, 2.05) is 0 Å². The van der Waals surface area contributed by atoms with Crippen molar-refractivity contribution in [2.45, 2.75) is 0 Å². The molecule has 132 valence electrons. The van der Waals surface area contributed by atoms with Crippen molar-refractivity contribution in [2.24, 2.45) is 5.10 Å². The van der Waals surface area contributed by atoms with E-state index in [1.54, 1.807) is 43.5 Å². The summed E-state index contributed by atoms with van der Waals surface area (Å²) in [6.07, 6.45) is 1.48. The molecule has 0 saturated carbocycles. The Morgan fingerprint density at radius 3 is 2.20 bits per heavy atom. The van der Waals surface area contributed by atoms with Crippen LogP contribution in [0.25, 0.3) is 0 Å². The van der Waals surface area contributed by atoms with Gasteiger partial charge in [-0.2, -0.15) is 5.10 Å². The Morgan fingerprint density at radius 1 is 0.960 bits per heavy atom. The predicted octanol–water partition coefficient (Wildman–Crippen LogP) is 2.48. The van der Waals surface area contributed by atoms with Gasteiger partial charge in [0.25, 0.3) is 5.91 Å². The number of methoxy groups -OCH3 is 4. The van der Waals surface area contributed by atoms with Crippen LogP contribution in [-0.2, 0) is 0 Å². The van der Waals surface area contributed by atoms with Gasteiger partial charge < -0.3 is 18.9 Å². The molecule has 0 spiro atoms. The van der Waals surface area contributed by atoms with E-state index in [0.29, 0.717) is 34.1 Å². The van der Waals surface area contributed by atoms with E-state index in [9.17, 15) is 4.79 Å². The summed E-state index contributed by atoms with van der Waals surface area (Å²) in [6, 6.07) is 10.3. The highest BCUT2D eigenvalue weighted by atomic mass is 16.5. The first-order chi connectivity index (χ1) is 12.1. The van der Waals surface area contributed by atoms with Crippen LogP contribution in [0.3, 0.4) is 0 Å². The Morgan fingerprint density at radius 2 is 1.64 bits per heavy atom. The normalized spacial score (nSPS) is 10.4. The average molecular weight is 344 g/mol. The Hall–Kier alpha value is -3.22. The van der Waals surface area contributed by atoms with Crippen molar-refractivity contribution in [1.82, 2.24) is 5.43 Å². The Balaban J connectivity index is 2.16. The molecule has 25 heavy (non-hydrogen) atoms. The van der Waals surface area contributed by atoms with Crippen molar-refractivity contribution in [2.75, 3.05) is 28.4 Å². The molecule has 0 aromatic heterocycles. The topological polar surface area (TPSA) is 78.4 Å². The number of para-hydroxylation sites is 1. The summed E-state index contributed by atoms with van der Waals surface area (Å²) >= 11 is 0. The van der Waals surface area contributed by atoms with Crippen molar-refractivity contribution in [3.8, 4) is 23.0 Å². The molecule has 7 heteroatoms. The summed E-state index contributed by atoms with van der Waals surface area (Å²) in [5.74, 6) is 1.75. The van der Waals surface area contributed by atoms with Gasteiger partial charge in [-0.3, -0.25) is 4.79 Å². The summed E-state index contributed by atoms with van der Waals surface area (Å²) in [5, 5.41) is 3.97. The number of hydrazone groups is 1. The van der Waals surface area contributed by atoms with Crippen LogP contribution in [0.2, 0.25) is 0 Å². The average Bonchev–Trinajstić information content (AvgIpc) is 2.66. The number of carbonyl (C=O) groups excluding carboxylic acids is 1. The molecule has 0 bridgehead atoms. The highest BCUT2D eigenvalue weighted by molar-refractivity contribution is 5.96. The minimum Gasteiger partial charge on any atom is -0.497 e. The maximum atomic E-state index is 12.3. The summed E-state index contributed by atoms with van der Waals surface area (Å²) in [5.41, 5.74) is 3.50. The fraction of sp³-hybridized carbons (Fsp3) is 0.222. The van der Waals surface area contributed by atoms with E-state index in [-0.39, 0.29) is 0 Å². The first kappa shape index (κ1) is 18.1. The molecule has 0 radical (unpaired) electrons. The highest BCUT2D eigenvalue weighted by Crippen LogP contribution is 2.29. The third kappa shape index (κ3) is 4.41. The standard InChI is InChI=1S/C18H20N2O5/c1-22-14-8-13(9-15(10-14)23-2)18(21)20-19-11-12-6-5-7-16(24-3)17(12)25-4/h5-11H,1-4H3,(H,20,21)/b19-11-. The van der Waals surface area contributed by atoms with E-state index >= 15 is 0 Å². The van der Waals surface area contributed by atoms with Gasteiger partial charge in [-0.1, -0.05) is 6.07 Å². The van der Waals surface area contributed by atoms with E-state index in [0.717, 1.165) is 0 Å². The molecule has 2 aromatic carbocycles. The highest BCUT2D eigenvalue weighted by Gasteiger charge is 2.10. The van der Waals surface area contributed by atoms with Crippen molar-refractivity contribution in [3.05, 3.63) is 47.5 Å². The van der Waals surface area contributed by atoms with Crippen LogP contribution in [0.4, 0.5) is 0 Å². The Bertz CT molecular complexity index is 752. The smallest absolute Gasteiger partial charge is 0.271 e. The quantitative estimate of drug-likeness (QED) is 0.617. The van der Waals surface area contributed by atoms with Crippen LogP contribution < -0.4 is 24.4 Å². The van der Waals surface area contributed by atoms with Gasteiger partial charge in [-0.15, -0.1) is 0 Å². The fourth-order valence-electron chi connectivity index (χ4n) is 2.18. The number of hydrogen-bond acceptors (Lipinski definition) is 6. The van der Waals surface area contributed by atoms with E-state index < -0.39 is 5.91 Å². The van der Waals surface area contributed by atoms with E-state index in [1.165, 1.54) is 27.5 Å². The zero-order valence-corrected chi connectivity index (χ0v) is 14.5. The first-order valence-electron chi connectivity index (χ1n) is 7.40. The summed E-state index contributed by atoms with van der Waals surface area (Å²) in [7, 11) is 6.13. The number of ether oxygens (including phenoxy) is 4. The molecule has 0 unspecified atom stereocenters. The molecule has 2 aromatic rings. The first-order valence-corrected chi connectivity index (χ1v) is 7.40. The van der Waals surface area contributed by atoms with Crippen LogP contribution in [-0.4, -0.2) is 40.6 Å². The number of hydrogen-bond donors (Lipinski definition) is 1. The number of benzene rings is 2. The number of carbonyl (C=O) groups is 1. The molecule has 1 N–H and O–H groups in total. The molecule has 0 atom stereocenters. The van der Waals surface area contributed by atoms with Crippen LogP contribution in [0.1, 0.15) is 15.9 Å². The van der Waals surface area contributed by atoms with E-state index in [2.05, 4.69) is 10.5 Å². The second-order valence-corrected chi connectivity index (χ2v) is 4.88. The zero-order valence-electron chi connectivity index (χ0n) is 14.5. The lowest BCUT2D eigenvalue weighted by Crippen LogP contribution is -2.17. The van der Waals surface area contributed by atoms with Gasteiger partial charge in [-0.25, -0.2) is 5.43 Å². The minimum atomic E-state index is -0.393. The largest absolute Gasteiger partial charge is 0.497 e. The molecule has 0 aliphatic carbocycles. The van der Waals surface area contributed by atoms with Gasteiger partial charge in [0.1, 0.15) is 11.5 Å². The molecule has 1 amide bonds. The molecule has 7 nitrogen and oxygen atoms in total. The maximum absolute atomic E-state index is 12.3. The Labute approximate surface area is 146 Å². The van der Waals surface area contributed by atoms with Crippen molar-refractivity contribution in [3.63, 3.8) is 0 Å². The zero-order chi connectivity index (χ0) is 18.2. The number of nitrogens with zero attached hydrogens (tertiary/aromatic N) is 1. The van der Waals surface area contributed by atoms with Crippen LogP contribution >= 0.6 is 0 Å². The van der Waals surface area contributed by atoms with Gasteiger partial charge in [-0.05, 0) is 24.3 Å². The van der Waals surface area contributed by atoms with Gasteiger partial charge in [0.15, 0.2) is 11.5 Å². The third-order valence-corrected chi connectivity index (χ3v) is 3.42. The van der Waals surface area contributed by atoms with E-state index in [4.69, 9.17) is 18.9 Å². The number of rotatable bonds is 7. The van der Waals surface area contributed by atoms with Gasteiger partial charge in [0.05, 0.1) is 34.7 Å². The van der Waals surface area contributed by atoms with Crippen molar-refractivity contribution in [1.29, 1.82) is 0 Å². The lowest BCUT2D eigenvalue weighted by Gasteiger charge is -2.09. The number of amides is 1. The monoisotopic (exact) mass is 344 g/mol. The lowest BCUT2D eigenvalue weighted by molar-refractivity contribution is 0.0954. The Kier molecular flexibility index (Phi) is 6.22. The molecule has 0 heterocycles. The van der Waals surface area contributed by atoms with Gasteiger partial charge >= 0.3 is 0 Å². The molecular weight excluding hydrogens is 324 g/mol.